The summed E-state index contributed by atoms with van der Waals surface area (Å²) in [7, 11) is -4.03. The molecule has 176 valence electrons. The van der Waals surface area contributed by atoms with Crippen molar-refractivity contribution in [1.82, 2.24) is 25.0 Å². The minimum absolute atomic E-state index is 0.207. The number of nitrogens with two attached hydrogens (primary N) is 1. The van der Waals surface area contributed by atoms with Crippen molar-refractivity contribution < 1.29 is 34.8 Å². The molecule has 16 heteroatoms. The normalized spacial score (nSPS) is 13.4. The lowest BCUT2D eigenvalue weighted by Gasteiger charge is -2.10. The summed E-state index contributed by atoms with van der Waals surface area (Å²) in [5.41, 5.74) is 2.92. The molecule has 0 radical (unpaired) electrons. The van der Waals surface area contributed by atoms with Gasteiger partial charge in [-0.2, -0.15) is 31.4 Å². The molecule has 0 bridgehead atoms. The molecule has 0 spiro atoms. The van der Waals surface area contributed by atoms with Crippen LogP contribution in [0.1, 0.15) is 23.9 Å². The van der Waals surface area contributed by atoms with Crippen LogP contribution in [0.2, 0.25) is 0 Å². The van der Waals surface area contributed by atoms with Crippen molar-refractivity contribution in [1.29, 1.82) is 0 Å². The minimum Gasteiger partial charge on any atom is -0.382 e. The summed E-state index contributed by atoms with van der Waals surface area (Å²) < 4.78 is 101. The number of aliphatic imine (C=N–C) groups is 1. The van der Waals surface area contributed by atoms with Crippen LogP contribution in [0.3, 0.4) is 0 Å². The van der Waals surface area contributed by atoms with Gasteiger partial charge in [0.15, 0.2) is 27.2 Å². The van der Waals surface area contributed by atoms with E-state index in [9.17, 15) is 34.8 Å². The standard InChI is InChI=1S/C17H13F6N7O2S/c1-2-33(31,32)11-5-10(30-27-8-12(29-30)17(21,22)23)7-26-14(11)15(24)28-13-4-3-9(6-25-13)16(18,19)20/h3-8H,2H2,1H3,(H2,24,25,28). The largest absolute Gasteiger partial charge is 0.436 e. The number of sulfone groups is 1. The van der Waals surface area contributed by atoms with Crippen molar-refractivity contribution >= 4 is 21.5 Å². The van der Waals surface area contributed by atoms with Crippen LogP contribution in [0, 0.1) is 0 Å². The molecule has 0 aliphatic rings. The van der Waals surface area contributed by atoms with E-state index in [1.807, 2.05) is 0 Å². The molecule has 2 N–H and O–H groups in total. The Kier molecular flexibility index (Phi) is 6.14. The highest BCUT2D eigenvalue weighted by Gasteiger charge is 2.35. The topological polar surface area (TPSA) is 129 Å². The Morgan fingerprint density at radius 3 is 2.27 bits per heavy atom. The van der Waals surface area contributed by atoms with Gasteiger partial charge in [0.05, 0.1) is 28.6 Å². The summed E-state index contributed by atoms with van der Waals surface area (Å²) in [6.45, 7) is 1.31. The SMILES string of the molecule is CCS(=O)(=O)c1cc(-n2ncc(C(F)(F)F)n2)cnc1C(N)=Nc1ccc(C(F)(F)F)cn1. The number of alkyl halides is 6. The molecule has 33 heavy (non-hydrogen) atoms. The molecule has 9 nitrogen and oxygen atoms in total. The maximum atomic E-state index is 12.8. The Bertz CT molecular complexity index is 1300. The third kappa shape index (κ3) is 5.27. The minimum atomic E-state index is -4.77. The lowest BCUT2D eigenvalue weighted by Crippen LogP contribution is -2.21. The van der Waals surface area contributed by atoms with Gasteiger partial charge in [0.2, 0.25) is 0 Å². The van der Waals surface area contributed by atoms with Crippen LogP contribution in [-0.2, 0) is 22.2 Å². The van der Waals surface area contributed by atoms with Crippen LogP contribution in [0.15, 0.2) is 46.7 Å². The summed E-state index contributed by atoms with van der Waals surface area (Å²) in [5, 5.41) is 6.71. The second-order valence-corrected chi connectivity index (χ2v) is 8.61. The van der Waals surface area contributed by atoms with Gasteiger partial charge in [-0.15, -0.1) is 9.90 Å². The predicted molar refractivity (Wildman–Crippen MR) is 102 cm³/mol. The first-order valence-electron chi connectivity index (χ1n) is 8.83. The number of amidine groups is 1. The Hall–Kier alpha value is -3.56. The van der Waals surface area contributed by atoms with E-state index in [0.29, 0.717) is 23.3 Å². The number of halogens is 6. The molecule has 3 aromatic rings. The van der Waals surface area contributed by atoms with Gasteiger partial charge < -0.3 is 5.73 Å². The van der Waals surface area contributed by atoms with E-state index >= 15 is 0 Å². The van der Waals surface area contributed by atoms with Crippen LogP contribution in [-0.4, -0.2) is 45.0 Å². The third-order valence-electron chi connectivity index (χ3n) is 4.12. The lowest BCUT2D eigenvalue weighted by molar-refractivity contribution is -0.141. The molecule has 0 saturated carbocycles. The molecule has 0 atom stereocenters. The fraction of sp³-hybridized carbons (Fsp3) is 0.235. The van der Waals surface area contributed by atoms with E-state index in [0.717, 1.165) is 18.3 Å². The fourth-order valence-corrected chi connectivity index (χ4v) is 3.51. The molecule has 3 aromatic heterocycles. The van der Waals surface area contributed by atoms with E-state index in [1.54, 1.807) is 0 Å². The second kappa shape index (κ2) is 8.42. The van der Waals surface area contributed by atoms with Gasteiger partial charge in [0.1, 0.15) is 11.4 Å². The summed E-state index contributed by atoms with van der Waals surface area (Å²) in [4.78, 5) is 11.2. The smallest absolute Gasteiger partial charge is 0.382 e. The zero-order chi connectivity index (χ0) is 24.6. The van der Waals surface area contributed by atoms with Gasteiger partial charge in [-0.1, -0.05) is 6.92 Å². The van der Waals surface area contributed by atoms with Crippen molar-refractivity contribution in [3.8, 4) is 5.69 Å². The van der Waals surface area contributed by atoms with Gasteiger partial charge in [0.25, 0.3) is 0 Å². The highest BCUT2D eigenvalue weighted by molar-refractivity contribution is 7.91. The van der Waals surface area contributed by atoms with Gasteiger partial charge >= 0.3 is 12.4 Å². The van der Waals surface area contributed by atoms with Crippen molar-refractivity contribution in [2.75, 3.05) is 5.75 Å². The average Bonchev–Trinajstić information content (AvgIpc) is 3.24. The summed E-state index contributed by atoms with van der Waals surface area (Å²) in [6.07, 6.45) is -7.45. The van der Waals surface area contributed by atoms with Crippen LogP contribution >= 0.6 is 0 Å². The highest BCUT2D eigenvalue weighted by Crippen LogP contribution is 2.30. The molecule has 0 saturated heterocycles. The molecular formula is C17H13F6N7O2S. The first-order valence-corrected chi connectivity index (χ1v) is 10.5. The summed E-state index contributed by atoms with van der Waals surface area (Å²) >= 11 is 0. The molecule has 0 aromatic carbocycles. The Morgan fingerprint density at radius 1 is 1.06 bits per heavy atom. The molecule has 0 aliphatic carbocycles. The van der Waals surface area contributed by atoms with Crippen molar-refractivity contribution in [3.63, 3.8) is 0 Å². The summed E-state index contributed by atoms with van der Waals surface area (Å²) in [6, 6.07) is 2.59. The molecule has 0 amide bonds. The third-order valence-corrected chi connectivity index (χ3v) is 5.86. The number of nitrogens with zero attached hydrogens (tertiary/aromatic N) is 6. The van der Waals surface area contributed by atoms with E-state index in [4.69, 9.17) is 5.73 Å². The van der Waals surface area contributed by atoms with Gasteiger partial charge in [0, 0.05) is 6.20 Å². The number of rotatable bonds is 5. The zero-order valence-corrected chi connectivity index (χ0v) is 17.2. The van der Waals surface area contributed by atoms with Crippen molar-refractivity contribution in [2.45, 2.75) is 24.2 Å². The quantitative estimate of drug-likeness (QED) is 0.329. The van der Waals surface area contributed by atoms with Crippen LogP contribution in [0.4, 0.5) is 32.2 Å². The maximum absolute atomic E-state index is 12.8. The summed E-state index contributed by atoms with van der Waals surface area (Å²) in [5.74, 6) is -1.17. The molecule has 3 heterocycles. The molecule has 0 fully saturated rings. The average molecular weight is 493 g/mol. The Balaban J connectivity index is 2.06. The van der Waals surface area contributed by atoms with Crippen molar-refractivity contribution in [2.24, 2.45) is 10.7 Å². The number of hydrogen-bond donors (Lipinski definition) is 1. The molecular weight excluding hydrogens is 480 g/mol. The number of hydrogen-bond acceptors (Lipinski definition) is 7. The molecule has 0 unspecified atom stereocenters. The van der Waals surface area contributed by atoms with Crippen LogP contribution in [0.5, 0.6) is 0 Å². The number of pyridine rings is 2. The van der Waals surface area contributed by atoms with Gasteiger partial charge in [-0.05, 0) is 18.2 Å². The maximum Gasteiger partial charge on any atom is 0.436 e. The first-order chi connectivity index (χ1) is 15.2. The molecule has 3 rings (SSSR count). The fourth-order valence-electron chi connectivity index (χ4n) is 2.44. The predicted octanol–water partition coefficient (Wildman–Crippen LogP) is 2.93. The van der Waals surface area contributed by atoms with Gasteiger partial charge in [-0.25, -0.2) is 23.4 Å². The number of aromatic nitrogens is 5. The van der Waals surface area contributed by atoms with E-state index in [-0.39, 0.29) is 17.2 Å². The second-order valence-electron chi connectivity index (χ2n) is 6.36. The first kappa shape index (κ1) is 24.1. The van der Waals surface area contributed by atoms with E-state index in [2.05, 4.69) is 25.2 Å². The monoisotopic (exact) mass is 493 g/mol. The van der Waals surface area contributed by atoms with E-state index in [1.165, 1.54) is 6.92 Å². The molecule has 0 aliphatic heterocycles. The van der Waals surface area contributed by atoms with Gasteiger partial charge in [-0.3, -0.25) is 0 Å². The lowest BCUT2D eigenvalue weighted by atomic mass is 10.3. The van der Waals surface area contributed by atoms with Crippen molar-refractivity contribution in [3.05, 3.63) is 53.7 Å². The zero-order valence-electron chi connectivity index (χ0n) is 16.4. The Morgan fingerprint density at radius 2 is 1.76 bits per heavy atom. The van der Waals surface area contributed by atoms with Crippen LogP contribution in [0.25, 0.3) is 5.69 Å². The highest BCUT2D eigenvalue weighted by atomic mass is 32.2. The Labute approximate surface area is 181 Å². The van der Waals surface area contributed by atoms with Crippen LogP contribution < -0.4 is 5.73 Å². The van der Waals surface area contributed by atoms with E-state index < -0.39 is 49.9 Å².